The number of hydrogen-bond acceptors (Lipinski definition) is 7. The molecule has 11 nitrogen and oxygen atoms in total. The highest BCUT2D eigenvalue weighted by Gasteiger charge is 2.47. The van der Waals surface area contributed by atoms with Crippen LogP contribution in [0.3, 0.4) is 0 Å². The van der Waals surface area contributed by atoms with Crippen LogP contribution in [0.2, 0.25) is 5.02 Å². The lowest BCUT2D eigenvalue weighted by Crippen LogP contribution is -2.25. The Balaban J connectivity index is 1.38. The molecule has 182 valence electrons. The minimum atomic E-state index is -0.657. The Hall–Kier alpha value is -4.19. The van der Waals surface area contributed by atoms with Crippen LogP contribution >= 0.6 is 11.6 Å². The predicted molar refractivity (Wildman–Crippen MR) is 127 cm³/mol. The highest BCUT2D eigenvalue weighted by atomic mass is 35.5. The van der Waals surface area contributed by atoms with Gasteiger partial charge in [0.25, 0.3) is 0 Å². The molecule has 13 heteroatoms. The number of hydrogen-bond donors (Lipinski definition) is 1. The third-order valence-electron chi connectivity index (χ3n) is 6.60. The molecule has 0 bridgehead atoms. The van der Waals surface area contributed by atoms with E-state index in [1.54, 1.807) is 18.5 Å². The van der Waals surface area contributed by atoms with Gasteiger partial charge in [-0.1, -0.05) is 11.6 Å². The number of halogens is 2. The summed E-state index contributed by atoms with van der Waals surface area (Å²) in [7, 11) is 0. The Morgan fingerprint density at radius 3 is 2.72 bits per heavy atom. The molecule has 5 heterocycles. The molecule has 1 aliphatic rings. The molecule has 0 radical (unpaired) electrons. The number of carbonyl (C=O) groups is 1. The van der Waals surface area contributed by atoms with Gasteiger partial charge in [-0.05, 0) is 26.3 Å². The number of rotatable bonds is 5. The number of fused-ring (bicyclic) bond motifs is 3. The predicted octanol–water partition coefficient (Wildman–Crippen LogP) is 3.15. The Morgan fingerprint density at radius 2 is 2.00 bits per heavy atom. The van der Waals surface area contributed by atoms with Crippen LogP contribution in [0.4, 0.5) is 10.1 Å². The molecule has 5 aromatic rings. The van der Waals surface area contributed by atoms with Gasteiger partial charge in [0.1, 0.15) is 0 Å². The second-order valence-corrected chi connectivity index (χ2v) is 9.22. The molecule has 2 atom stereocenters. The second-order valence-electron chi connectivity index (χ2n) is 8.81. The third kappa shape index (κ3) is 3.44. The molecule has 0 saturated heterocycles. The molecule has 2 unspecified atom stereocenters. The number of pyridine rings is 1. The van der Waals surface area contributed by atoms with Gasteiger partial charge in [0.15, 0.2) is 11.5 Å². The number of nitrogens with zero attached hydrogens (tertiary/aromatic N) is 9. The maximum Gasteiger partial charge on any atom is 0.235 e. The lowest BCUT2D eigenvalue weighted by molar-refractivity contribution is -0.117. The summed E-state index contributed by atoms with van der Waals surface area (Å²) in [5.74, 6) is -1.13. The van der Waals surface area contributed by atoms with Crippen molar-refractivity contribution < 1.29 is 9.18 Å². The minimum absolute atomic E-state index is 0.264. The first-order valence-electron chi connectivity index (χ1n) is 11.3. The lowest BCUT2D eigenvalue weighted by atomic mass is 9.80. The highest BCUT2D eigenvalue weighted by Crippen LogP contribution is 2.49. The molecular weight excluding hydrogens is 487 g/mol. The molecule has 1 amide bonds. The average Bonchev–Trinajstić information content (AvgIpc) is 3.64. The quantitative estimate of drug-likeness (QED) is 0.388. The van der Waals surface area contributed by atoms with Crippen molar-refractivity contribution in [2.24, 2.45) is 0 Å². The van der Waals surface area contributed by atoms with Crippen LogP contribution in [0.5, 0.6) is 0 Å². The van der Waals surface area contributed by atoms with Gasteiger partial charge in [0.05, 0.1) is 47.1 Å². The largest absolute Gasteiger partial charge is 0.324 e. The maximum atomic E-state index is 14.1. The Morgan fingerprint density at radius 1 is 1.19 bits per heavy atom. The molecule has 5 aromatic heterocycles. The summed E-state index contributed by atoms with van der Waals surface area (Å²) in [6.07, 6.45) is 10.3. The maximum absolute atomic E-state index is 14.1. The molecule has 0 saturated carbocycles. The van der Waals surface area contributed by atoms with Gasteiger partial charge in [0.2, 0.25) is 11.9 Å². The van der Waals surface area contributed by atoms with Crippen LogP contribution in [0.1, 0.15) is 43.0 Å². The number of anilines is 1. The van der Waals surface area contributed by atoms with Gasteiger partial charge in [0, 0.05) is 41.5 Å². The normalized spacial score (nSPS) is 19.1. The summed E-state index contributed by atoms with van der Waals surface area (Å²) >= 11 is 6.37. The molecule has 6 rings (SSSR count). The fourth-order valence-electron chi connectivity index (χ4n) is 4.85. The average molecular weight is 507 g/mol. The van der Waals surface area contributed by atoms with E-state index in [0.29, 0.717) is 41.4 Å². The van der Waals surface area contributed by atoms with Gasteiger partial charge in [-0.15, -0.1) is 9.90 Å². The number of amides is 1. The van der Waals surface area contributed by atoms with Crippen molar-refractivity contribution in [2.75, 3.05) is 5.32 Å². The van der Waals surface area contributed by atoms with E-state index in [4.69, 9.17) is 11.6 Å². The van der Waals surface area contributed by atoms with Crippen molar-refractivity contribution in [1.29, 1.82) is 0 Å². The molecule has 0 aliphatic heterocycles. The standard InChI is InChI=1S/C23H20ClFN10O/c1-3-33-12-13(9-30-33)23(2)8-15(16-11-26-19-7-18(25)32-34(19)20(16)23)22(36)31-14-6-17(24)21(27-10-14)35-28-4-5-29-35/h4-7,9-12,15H,3,8H2,1-2H3,(H,31,36). The highest BCUT2D eigenvalue weighted by molar-refractivity contribution is 6.32. The molecule has 0 fully saturated rings. The van der Waals surface area contributed by atoms with Gasteiger partial charge in [-0.25, -0.2) is 14.5 Å². The van der Waals surface area contributed by atoms with E-state index in [-0.39, 0.29) is 10.9 Å². The van der Waals surface area contributed by atoms with Crippen LogP contribution in [0.25, 0.3) is 11.5 Å². The molecule has 1 N–H and O–H groups in total. The van der Waals surface area contributed by atoms with Gasteiger partial charge >= 0.3 is 0 Å². The molecule has 36 heavy (non-hydrogen) atoms. The monoisotopic (exact) mass is 506 g/mol. The zero-order valence-electron chi connectivity index (χ0n) is 19.3. The van der Waals surface area contributed by atoms with Crippen LogP contribution in [-0.2, 0) is 16.8 Å². The van der Waals surface area contributed by atoms with Gasteiger partial charge < -0.3 is 5.32 Å². The Kier molecular flexibility index (Phi) is 5.07. The van der Waals surface area contributed by atoms with Crippen LogP contribution in [0.15, 0.2) is 49.3 Å². The van der Waals surface area contributed by atoms with E-state index in [0.717, 1.165) is 5.56 Å². The summed E-state index contributed by atoms with van der Waals surface area (Å²) < 4.78 is 17.4. The first-order valence-corrected chi connectivity index (χ1v) is 11.7. The zero-order chi connectivity index (χ0) is 25.0. The number of aryl methyl sites for hydroxylation is 1. The Bertz CT molecular complexity index is 1610. The first kappa shape index (κ1) is 22.3. The summed E-state index contributed by atoms with van der Waals surface area (Å²) in [5, 5.41) is 19.7. The van der Waals surface area contributed by atoms with Crippen LogP contribution < -0.4 is 5.32 Å². The minimum Gasteiger partial charge on any atom is -0.324 e. The van der Waals surface area contributed by atoms with E-state index in [2.05, 4.69) is 35.7 Å². The van der Waals surface area contributed by atoms with Crippen LogP contribution in [0, 0.1) is 5.95 Å². The van der Waals surface area contributed by atoms with Crippen molar-refractivity contribution in [2.45, 2.75) is 38.1 Å². The second kappa shape index (κ2) is 8.19. The van der Waals surface area contributed by atoms with Gasteiger partial charge in [-0.3, -0.25) is 9.48 Å². The van der Waals surface area contributed by atoms with Crippen molar-refractivity contribution >= 4 is 28.8 Å². The molecule has 0 spiro atoms. The number of aromatic nitrogens is 9. The van der Waals surface area contributed by atoms with E-state index in [1.807, 2.05) is 24.7 Å². The summed E-state index contributed by atoms with van der Waals surface area (Å²) in [4.78, 5) is 23.5. The fraction of sp³-hybridized carbons (Fsp3) is 0.261. The summed E-state index contributed by atoms with van der Waals surface area (Å²) in [5.41, 5.74) is 2.43. The van der Waals surface area contributed by atoms with Crippen molar-refractivity contribution in [1.82, 2.24) is 44.4 Å². The van der Waals surface area contributed by atoms with E-state index in [1.165, 1.54) is 34.0 Å². The molecular formula is C23H20ClFN10O. The smallest absolute Gasteiger partial charge is 0.235 e. The molecule has 0 aromatic carbocycles. The fourth-order valence-corrected chi connectivity index (χ4v) is 5.09. The third-order valence-corrected chi connectivity index (χ3v) is 6.88. The van der Waals surface area contributed by atoms with E-state index >= 15 is 0 Å². The van der Waals surface area contributed by atoms with Crippen molar-refractivity contribution in [3.63, 3.8) is 0 Å². The van der Waals surface area contributed by atoms with Gasteiger partial charge in [-0.2, -0.15) is 19.7 Å². The molecule has 1 aliphatic carbocycles. The van der Waals surface area contributed by atoms with E-state index in [9.17, 15) is 9.18 Å². The van der Waals surface area contributed by atoms with Crippen LogP contribution in [-0.4, -0.2) is 50.3 Å². The summed E-state index contributed by atoms with van der Waals surface area (Å²) in [6.45, 7) is 4.71. The first-order chi connectivity index (χ1) is 17.4. The van der Waals surface area contributed by atoms with Crippen molar-refractivity contribution in [3.8, 4) is 5.82 Å². The zero-order valence-corrected chi connectivity index (χ0v) is 20.1. The lowest BCUT2D eigenvalue weighted by Gasteiger charge is -2.24. The summed E-state index contributed by atoms with van der Waals surface area (Å²) in [6, 6.07) is 2.86. The number of nitrogens with one attached hydrogen (secondary N) is 1. The topological polar surface area (TPSA) is 121 Å². The van der Waals surface area contributed by atoms with E-state index < -0.39 is 17.3 Å². The SMILES string of the molecule is CCn1cc(C2(C)CC(C(=O)Nc3cnc(-n4nccn4)c(Cl)c3)c3cnc4cc(F)nn4c32)cn1. The van der Waals surface area contributed by atoms with Crippen molar-refractivity contribution in [3.05, 3.63) is 77.1 Å². The Labute approximate surface area is 208 Å². The number of carbonyl (C=O) groups excluding carboxylic acids is 1.